The molecule has 0 aliphatic carbocycles. The summed E-state index contributed by atoms with van der Waals surface area (Å²) >= 11 is 0. The summed E-state index contributed by atoms with van der Waals surface area (Å²) in [5, 5.41) is 2.69. The predicted octanol–water partition coefficient (Wildman–Crippen LogP) is 2.43. The molecule has 0 fully saturated rings. The molecule has 0 unspecified atom stereocenters. The van der Waals surface area contributed by atoms with Crippen LogP contribution in [0.2, 0.25) is 0 Å². The molecule has 0 amide bonds. The third-order valence-electron chi connectivity index (χ3n) is 1.49. The summed E-state index contributed by atoms with van der Waals surface area (Å²) in [6.07, 6.45) is 0. The third kappa shape index (κ3) is 8.38. The van der Waals surface area contributed by atoms with E-state index in [1.54, 1.807) is 20.8 Å². The largest absolute Gasteiger partial charge is 0.370 e. The molecule has 14 heavy (non-hydrogen) atoms. The van der Waals surface area contributed by atoms with Crippen LogP contribution in [-0.2, 0) is 4.74 Å². The standard InChI is InChI=1S/C10H21F2NO/c1-8(2)13-6-10(11,12)7-14-9(3,4)5/h8,13H,6-7H2,1-5H3. The van der Waals surface area contributed by atoms with Gasteiger partial charge in [0.1, 0.15) is 6.61 Å². The molecule has 0 radical (unpaired) electrons. The summed E-state index contributed by atoms with van der Waals surface area (Å²) in [5.41, 5.74) is -0.513. The number of rotatable bonds is 5. The van der Waals surface area contributed by atoms with E-state index in [0.29, 0.717) is 0 Å². The Morgan fingerprint density at radius 1 is 1.21 bits per heavy atom. The Labute approximate surface area is 85.0 Å². The van der Waals surface area contributed by atoms with Crippen molar-refractivity contribution in [1.82, 2.24) is 5.32 Å². The first-order chi connectivity index (χ1) is 6.12. The highest BCUT2D eigenvalue weighted by Gasteiger charge is 2.31. The van der Waals surface area contributed by atoms with Crippen molar-refractivity contribution >= 4 is 0 Å². The van der Waals surface area contributed by atoms with E-state index in [4.69, 9.17) is 4.74 Å². The van der Waals surface area contributed by atoms with Gasteiger partial charge in [0.15, 0.2) is 0 Å². The van der Waals surface area contributed by atoms with Gasteiger partial charge >= 0.3 is 0 Å². The van der Waals surface area contributed by atoms with Crippen LogP contribution in [0.15, 0.2) is 0 Å². The van der Waals surface area contributed by atoms with Crippen LogP contribution in [-0.4, -0.2) is 30.7 Å². The lowest BCUT2D eigenvalue weighted by atomic mass is 10.2. The fourth-order valence-corrected chi connectivity index (χ4v) is 0.727. The second-order valence-electron chi connectivity index (χ2n) is 4.79. The number of nitrogens with one attached hydrogen (secondary N) is 1. The number of hydrogen-bond donors (Lipinski definition) is 1. The average Bonchev–Trinajstić information content (AvgIpc) is 1.97. The van der Waals surface area contributed by atoms with Crippen molar-refractivity contribution in [2.45, 2.75) is 52.2 Å². The van der Waals surface area contributed by atoms with Gasteiger partial charge in [-0.3, -0.25) is 0 Å². The highest BCUT2D eigenvalue weighted by molar-refractivity contribution is 4.72. The van der Waals surface area contributed by atoms with Crippen molar-refractivity contribution < 1.29 is 13.5 Å². The van der Waals surface area contributed by atoms with Crippen molar-refractivity contribution in [1.29, 1.82) is 0 Å². The summed E-state index contributed by atoms with van der Waals surface area (Å²) in [6.45, 7) is 8.09. The number of halogens is 2. The lowest BCUT2D eigenvalue weighted by molar-refractivity contribution is -0.120. The van der Waals surface area contributed by atoms with Crippen LogP contribution in [0.3, 0.4) is 0 Å². The van der Waals surface area contributed by atoms with Crippen molar-refractivity contribution in [3.05, 3.63) is 0 Å². The van der Waals surface area contributed by atoms with Crippen LogP contribution in [0, 0.1) is 0 Å². The van der Waals surface area contributed by atoms with Gasteiger partial charge in [0.2, 0.25) is 0 Å². The Bertz CT molecular complexity index is 164. The van der Waals surface area contributed by atoms with Gasteiger partial charge in [-0.25, -0.2) is 8.78 Å². The maximum Gasteiger partial charge on any atom is 0.283 e. The van der Waals surface area contributed by atoms with Crippen molar-refractivity contribution in [2.75, 3.05) is 13.2 Å². The minimum Gasteiger partial charge on any atom is -0.370 e. The summed E-state index contributed by atoms with van der Waals surface area (Å²) in [4.78, 5) is 0. The first-order valence-corrected chi connectivity index (χ1v) is 4.87. The van der Waals surface area contributed by atoms with Gasteiger partial charge in [0, 0.05) is 6.04 Å². The average molecular weight is 209 g/mol. The van der Waals surface area contributed by atoms with Gasteiger partial charge in [0.05, 0.1) is 12.1 Å². The highest BCUT2D eigenvalue weighted by Crippen LogP contribution is 2.17. The number of ether oxygens (including phenoxy) is 1. The zero-order valence-corrected chi connectivity index (χ0v) is 9.66. The summed E-state index contributed by atoms with van der Waals surface area (Å²) in [5.74, 6) is -2.79. The lowest BCUT2D eigenvalue weighted by Gasteiger charge is -2.25. The van der Waals surface area contributed by atoms with E-state index in [2.05, 4.69) is 5.32 Å². The Kier molecular flexibility index (Phi) is 4.95. The quantitative estimate of drug-likeness (QED) is 0.751. The van der Waals surface area contributed by atoms with E-state index in [9.17, 15) is 8.78 Å². The molecule has 1 N–H and O–H groups in total. The zero-order valence-electron chi connectivity index (χ0n) is 9.66. The van der Waals surface area contributed by atoms with E-state index in [0.717, 1.165) is 0 Å². The molecule has 4 heteroatoms. The molecule has 0 rings (SSSR count). The van der Waals surface area contributed by atoms with Crippen LogP contribution in [0.25, 0.3) is 0 Å². The molecule has 0 saturated carbocycles. The minimum absolute atomic E-state index is 0.0653. The first-order valence-electron chi connectivity index (χ1n) is 4.87. The highest BCUT2D eigenvalue weighted by atomic mass is 19.3. The molecule has 2 nitrogen and oxygen atoms in total. The molecule has 0 atom stereocenters. The molecule has 0 aliphatic heterocycles. The second kappa shape index (κ2) is 5.03. The Morgan fingerprint density at radius 3 is 2.07 bits per heavy atom. The molecule has 0 aliphatic rings. The van der Waals surface area contributed by atoms with Gasteiger partial charge in [-0.15, -0.1) is 0 Å². The predicted molar refractivity (Wildman–Crippen MR) is 53.8 cm³/mol. The van der Waals surface area contributed by atoms with Gasteiger partial charge < -0.3 is 10.1 Å². The SMILES string of the molecule is CC(C)NCC(F)(F)COC(C)(C)C. The topological polar surface area (TPSA) is 21.3 Å². The Balaban J connectivity index is 3.83. The summed E-state index contributed by atoms with van der Waals surface area (Å²) in [6, 6.07) is 0.0653. The van der Waals surface area contributed by atoms with Crippen LogP contribution >= 0.6 is 0 Å². The molecular formula is C10H21F2NO. The third-order valence-corrected chi connectivity index (χ3v) is 1.49. The molecular weight excluding hydrogens is 188 g/mol. The molecule has 0 saturated heterocycles. The van der Waals surface area contributed by atoms with Crippen LogP contribution in [0.4, 0.5) is 8.78 Å². The van der Waals surface area contributed by atoms with E-state index in [1.807, 2.05) is 13.8 Å². The van der Waals surface area contributed by atoms with Crippen LogP contribution < -0.4 is 5.32 Å². The Hall–Kier alpha value is -0.220. The van der Waals surface area contributed by atoms with Crippen LogP contribution in [0.1, 0.15) is 34.6 Å². The van der Waals surface area contributed by atoms with Gasteiger partial charge in [-0.2, -0.15) is 0 Å². The van der Waals surface area contributed by atoms with Gasteiger partial charge in [-0.05, 0) is 20.8 Å². The zero-order chi connectivity index (χ0) is 11.4. The molecule has 0 heterocycles. The fourth-order valence-electron chi connectivity index (χ4n) is 0.727. The Morgan fingerprint density at radius 2 is 1.71 bits per heavy atom. The molecule has 0 aromatic carbocycles. The minimum atomic E-state index is -2.79. The van der Waals surface area contributed by atoms with Gasteiger partial charge in [0.25, 0.3) is 5.92 Å². The summed E-state index contributed by atoms with van der Waals surface area (Å²) in [7, 11) is 0. The van der Waals surface area contributed by atoms with Crippen LogP contribution in [0.5, 0.6) is 0 Å². The summed E-state index contributed by atoms with van der Waals surface area (Å²) < 4.78 is 31.3. The monoisotopic (exact) mass is 209 g/mol. The van der Waals surface area contributed by atoms with Crippen molar-refractivity contribution in [3.63, 3.8) is 0 Å². The maximum atomic E-state index is 13.1. The fraction of sp³-hybridized carbons (Fsp3) is 1.00. The van der Waals surface area contributed by atoms with E-state index < -0.39 is 18.1 Å². The second-order valence-corrected chi connectivity index (χ2v) is 4.79. The van der Waals surface area contributed by atoms with Crippen molar-refractivity contribution in [2.24, 2.45) is 0 Å². The first kappa shape index (κ1) is 13.8. The van der Waals surface area contributed by atoms with Gasteiger partial charge in [-0.1, -0.05) is 13.8 Å². The normalized spacial score (nSPS) is 13.7. The lowest BCUT2D eigenvalue weighted by Crippen LogP contribution is -2.41. The van der Waals surface area contributed by atoms with E-state index in [1.165, 1.54) is 0 Å². The number of hydrogen-bond acceptors (Lipinski definition) is 2. The molecule has 0 bridgehead atoms. The number of alkyl halides is 2. The smallest absolute Gasteiger partial charge is 0.283 e. The van der Waals surface area contributed by atoms with Crippen molar-refractivity contribution in [3.8, 4) is 0 Å². The molecule has 0 aromatic heterocycles. The maximum absolute atomic E-state index is 13.1. The molecule has 0 spiro atoms. The molecule has 86 valence electrons. The molecule has 0 aromatic rings. The van der Waals surface area contributed by atoms with E-state index in [-0.39, 0.29) is 12.6 Å². The van der Waals surface area contributed by atoms with E-state index >= 15 is 0 Å².